The maximum atomic E-state index is 6.59. The van der Waals surface area contributed by atoms with Crippen molar-refractivity contribution in [1.82, 2.24) is 0 Å². The summed E-state index contributed by atoms with van der Waals surface area (Å²) in [6.45, 7) is 0. The van der Waals surface area contributed by atoms with Crippen molar-refractivity contribution in [3.05, 3.63) is 180 Å². The van der Waals surface area contributed by atoms with Crippen LogP contribution in [0.1, 0.15) is 22.3 Å². The zero-order valence-corrected chi connectivity index (χ0v) is 24.9. The number of rotatable bonds is 1. The van der Waals surface area contributed by atoms with E-state index in [2.05, 4.69) is 152 Å². The highest BCUT2D eigenvalue weighted by Crippen LogP contribution is 2.64. The molecule has 0 saturated carbocycles. The highest BCUT2D eigenvalue weighted by Gasteiger charge is 2.52. The Balaban J connectivity index is 1.22. The minimum absolute atomic E-state index is 0.414. The molecular weight excluding hydrogens is 556 g/mol. The number of benzene rings is 8. The van der Waals surface area contributed by atoms with Gasteiger partial charge in [0.05, 0.1) is 5.41 Å². The minimum Gasteiger partial charge on any atom is -0.456 e. The zero-order valence-electron chi connectivity index (χ0n) is 24.9. The Kier molecular flexibility index (Phi) is 4.57. The van der Waals surface area contributed by atoms with Gasteiger partial charge in [-0.3, -0.25) is 0 Å². The molecule has 8 aromatic rings. The van der Waals surface area contributed by atoms with E-state index < -0.39 is 5.41 Å². The SMILES string of the molecule is c1ccc2c(c1)Oc1cc(-c3ccc4c(c3)C3(c5ccccc5-4)c4ccccc4-c4ccc5ccccc5c43)cc3cccc-2c13. The number of fused-ring (bicyclic) bond motifs is 14. The van der Waals surface area contributed by atoms with Gasteiger partial charge in [0.15, 0.2) is 0 Å². The third-order valence-electron chi connectivity index (χ3n) is 10.6. The Morgan fingerprint density at radius 3 is 1.89 bits per heavy atom. The molecule has 0 radical (unpaired) electrons. The van der Waals surface area contributed by atoms with Gasteiger partial charge in [-0.2, -0.15) is 0 Å². The molecule has 1 atom stereocenters. The molecule has 1 unspecified atom stereocenters. The predicted molar refractivity (Wildman–Crippen MR) is 189 cm³/mol. The molecule has 1 heterocycles. The van der Waals surface area contributed by atoms with Crippen LogP contribution in [0, 0.1) is 0 Å². The van der Waals surface area contributed by atoms with Gasteiger partial charge in [0.1, 0.15) is 11.5 Å². The highest BCUT2D eigenvalue weighted by atomic mass is 16.5. The molecule has 0 fully saturated rings. The van der Waals surface area contributed by atoms with Crippen molar-refractivity contribution in [2.24, 2.45) is 0 Å². The maximum absolute atomic E-state index is 6.59. The summed E-state index contributed by atoms with van der Waals surface area (Å²) in [5, 5.41) is 4.97. The summed E-state index contributed by atoms with van der Waals surface area (Å²) >= 11 is 0. The van der Waals surface area contributed by atoms with Crippen LogP contribution in [0.2, 0.25) is 0 Å². The molecule has 212 valence electrons. The van der Waals surface area contributed by atoms with Gasteiger partial charge in [0.2, 0.25) is 0 Å². The van der Waals surface area contributed by atoms with Crippen LogP contribution in [0.5, 0.6) is 11.5 Å². The second kappa shape index (κ2) is 8.62. The van der Waals surface area contributed by atoms with E-state index in [4.69, 9.17) is 4.74 Å². The monoisotopic (exact) mass is 582 g/mol. The average molecular weight is 583 g/mol. The van der Waals surface area contributed by atoms with Gasteiger partial charge in [-0.1, -0.05) is 133 Å². The van der Waals surface area contributed by atoms with Crippen LogP contribution in [-0.4, -0.2) is 0 Å². The van der Waals surface area contributed by atoms with E-state index in [0.29, 0.717) is 0 Å². The first-order chi connectivity index (χ1) is 22.8. The molecule has 1 nitrogen and oxygen atoms in total. The molecular formula is C45H26O. The van der Waals surface area contributed by atoms with E-state index in [9.17, 15) is 0 Å². The molecule has 1 aliphatic heterocycles. The fraction of sp³-hybridized carbons (Fsp3) is 0.0222. The second-order valence-electron chi connectivity index (χ2n) is 12.8. The maximum Gasteiger partial charge on any atom is 0.136 e. The minimum atomic E-state index is -0.414. The fourth-order valence-corrected chi connectivity index (χ4v) is 8.85. The van der Waals surface area contributed by atoms with Crippen molar-refractivity contribution in [3.63, 3.8) is 0 Å². The van der Waals surface area contributed by atoms with E-state index >= 15 is 0 Å². The van der Waals surface area contributed by atoms with E-state index in [1.54, 1.807) is 0 Å². The van der Waals surface area contributed by atoms with Crippen LogP contribution in [-0.2, 0) is 5.41 Å². The number of hydrogen-bond donors (Lipinski definition) is 0. The molecule has 46 heavy (non-hydrogen) atoms. The summed E-state index contributed by atoms with van der Waals surface area (Å²) in [6.07, 6.45) is 0. The Morgan fingerprint density at radius 1 is 0.370 bits per heavy atom. The summed E-state index contributed by atoms with van der Waals surface area (Å²) in [7, 11) is 0. The Morgan fingerprint density at radius 2 is 1.02 bits per heavy atom. The van der Waals surface area contributed by atoms with Gasteiger partial charge < -0.3 is 4.74 Å². The lowest BCUT2D eigenvalue weighted by Gasteiger charge is -2.31. The van der Waals surface area contributed by atoms with Crippen molar-refractivity contribution >= 4 is 21.5 Å². The molecule has 0 aromatic heterocycles. The van der Waals surface area contributed by atoms with E-state index in [1.165, 1.54) is 77.2 Å². The Labute approximate surface area is 267 Å². The quantitative estimate of drug-likeness (QED) is 0.187. The third-order valence-corrected chi connectivity index (χ3v) is 10.6. The second-order valence-corrected chi connectivity index (χ2v) is 12.8. The van der Waals surface area contributed by atoms with Crippen LogP contribution in [0.3, 0.4) is 0 Å². The molecule has 1 heteroatoms. The normalized spacial score (nSPS) is 16.1. The smallest absolute Gasteiger partial charge is 0.136 e. The van der Waals surface area contributed by atoms with E-state index in [0.717, 1.165) is 22.6 Å². The van der Waals surface area contributed by atoms with Crippen LogP contribution in [0.25, 0.3) is 66.1 Å². The fourth-order valence-electron chi connectivity index (χ4n) is 8.85. The molecule has 0 bridgehead atoms. The van der Waals surface area contributed by atoms with Crippen molar-refractivity contribution in [2.75, 3.05) is 0 Å². The summed E-state index contributed by atoms with van der Waals surface area (Å²) in [6, 6.07) is 58.3. The standard InChI is InChI=1S/C45H26O/c1-2-12-31-27(10-1)20-23-37-33-14-4-7-18-39(33)45(44(31)37)38-17-6-3-13-32(38)34-22-21-28(25-40(34)45)30-24-29-11-9-16-36-35-15-5-8-19-41(35)46-42(26-30)43(29)36/h1-26H. The number of para-hydroxylation sites is 1. The number of hydrogen-bond acceptors (Lipinski definition) is 1. The van der Waals surface area contributed by atoms with Crippen LogP contribution in [0.15, 0.2) is 158 Å². The summed E-state index contributed by atoms with van der Waals surface area (Å²) in [5.74, 6) is 1.83. The lowest BCUT2D eigenvalue weighted by Crippen LogP contribution is -2.26. The zero-order chi connectivity index (χ0) is 30.0. The van der Waals surface area contributed by atoms with Crippen LogP contribution in [0.4, 0.5) is 0 Å². The molecule has 8 aromatic carbocycles. The molecule has 11 rings (SSSR count). The largest absolute Gasteiger partial charge is 0.456 e. The van der Waals surface area contributed by atoms with Gasteiger partial charge in [0.25, 0.3) is 0 Å². The highest BCUT2D eigenvalue weighted by molar-refractivity contribution is 6.07. The molecule has 1 spiro atoms. The van der Waals surface area contributed by atoms with Crippen molar-refractivity contribution < 1.29 is 4.74 Å². The molecule has 0 amide bonds. The first-order valence-corrected chi connectivity index (χ1v) is 16.0. The third kappa shape index (κ3) is 2.91. The first kappa shape index (κ1) is 24.4. The summed E-state index contributed by atoms with van der Waals surface area (Å²) < 4.78 is 6.59. The first-order valence-electron chi connectivity index (χ1n) is 16.0. The lowest BCUT2D eigenvalue weighted by molar-refractivity contribution is 0.487. The molecule has 0 saturated heterocycles. The molecule has 0 N–H and O–H groups in total. The Bertz CT molecular complexity index is 2610. The van der Waals surface area contributed by atoms with Crippen molar-refractivity contribution in [2.45, 2.75) is 5.41 Å². The Hall–Kier alpha value is -5.92. The molecule has 2 aliphatic carbocycles. The van der Waals surface area contributed by atoms with Gasteiger partial charge in [-0.25, -0.2) is 0 Å². The van der Waals surface area contributed by atoms with Crippen molar-refractivity contribution in [3.8, 4) is 56.0 Å². The summed E-state index contributed by atoms with van der Waals surface area (Å²) in [4.78, 5) is 0. The van der Waals surface area contributed by atoms with Crippen LogP contribution >= 0.6 is 0 Å². The average Bonchev–Trinajstić information content (AvgIpc) is 3.59. The van der Waals surface area contributed by atoms with Gasteiger partial charge in [0, 0.05) is 10.9 Å². The molecule has 3 aliphatic rings. The summed E-state index contributed by atoms with van der Waals surface area (Å²) in [5.41, 5.74) is 15.1. The topological polar surface area (TPSA) is 9.23 Å². The van der Waals surface area contributed by atoms with Gasteiger partial charge in [-0.15, -0.1) is 0 Å². The predicted octanol–water partition coefficient (Wildman–Crippen LogP) is 11.8. The van der Waals surface area contributed by atoms with Crippen LogP contribution < -0.4 is 4.74 Å². The van der Waals surface area contributed by atoms with Gasteiger partial charge >= 0.3 is 0 Å². The van der Waals surface area contributed by atoms with E-state index in [-0.39, 0.29) is 0 Å². The lowest BCUT2D eigenvalue weighted by atomic mass is 9.69. The van der Waals surface area contributed by atoms with E-state index in [1.807, 2.05) is 6.07 Å². The van der Waals surface area contributed by atoms with Gasteiger partial charge in [-0.05, 0) is 102 Å². The number of ether oxygens (including phenoxy) is 1. The van der Waals surface area contributed by atoms with Crippen molar-refractivity contribution in [1.29, 1.82) is 0 Å².